The van der Waals surface area contributed by atoms with Crippen LogP contribution in [0.15, 0.2) is 0 Å². The number of carbonyl (C=O) groups is 1. The van der Waals surface area contributed by atoms with Crippen molar-refractivity contribution in [1.82, 2.24) is 15.1 Å². The molecule has 1 aliphatic rings. The number of carbonyl (C=O) groups excluding carboxylic acids is 1. The molecule has 1 aromatic rings. The average molecular weight is 300 g/mol. The fraction of sp³-hybridized carbons (Fsp3) is 0.714. The van der Waals surface area contributed by atoms with Crippen molar-refractivity contribution in [2.45, 2.75) is 46.3 Å². The highest BCUT2D eigenvalue weighted by atomic mass is 35.5. The lowest BCUT2D eigenvalue weighted by atomic mass is 10.1. The predicted octanol–water partition coefficient (Wildman–Crippen LogP) is 2.08. The van der Waals surface area contributed by atoms with E-state index in [-0.39, 0.29) is 17.9 Å². The number of nitrogens with one attached hydrogen (secondary N) is 1. The van der Waals surface area contributed by atoms with Crippen LogP contribution < -0.4 is 5.32 Å². The Balaban J connectivity index is 1.85. The largest absolute Gasteiger partial charge is 0.376 e. The second kappa shape index (κ2) is 6.59. The maximum absolute atomic E-state index is 12.1. The van der Waals surface area contributed by atoms with E-state index in [1.165, 1.54) is 0 Å². The van der Waals surface area contributed by atoms with Crippen molar-refractivity contribution in [2.75, 3.05) is 13.2 Å². The highest BCUT2D eigenvalue weighted by molar-refractivity contribution is 6.31. The maximum atomic E-state index is 12.1. The van der Waals surface area contributed by atoms with Crippen LogP contribution in [0.1, 0.15) is 31.2 Å². The molecule has 2 rings (SSSR count). The first-order valence-electron chi connectivity index (χ1n) is 7.08. The van der Waals surface area contributed by atoms with Crippen LogP contribution >= 0.6 is 11.6 Å². The van der Waals surface area contributed by atoms with Gasteiger partial charge in [-0.05, 0) is 26.7 Å². The van der Waals surface area contributed by atoms with E-state index < -0.39 is 0 Å². The minimum atomic E-state index is -0.148. The van der Waals surface area contributed by atoms with Crippen LogP contribution in [-0.2, 0) is 16.1 Å². The van der Waals surface area contributed by atoms with Crippen LogP contribution in [-0.4, -0.2) is 34.9 Å². The molecule has 2 heterocycles. The van der Waals surface area contributed by atoms with Crippen molar-refractivity contribution in [3.8, 4) is 0 Å². The summed E-state index contributed by atoms with van der Waals surface area (Å²) in [7, 11) is 0. The van der Waals surface area contributed by atoms with E-state index in [9.17, 15) is 4.79 Å². The third kappa shape index (κ3) is 3.52. The number of nitrogens with zero attached hydrogens (tertiary/aromatic N) is 2. The van der Waals surface area contributed by atoms with E-state index in [1.807, 2.05) is 20.8 Å². The van der Waals surface area contributed by atoms with Crippen molar-refractivity contribution in [3.63, 3.8) is 0 Å². The lowest BCUT2D eigenvalue weighted by molar-refractivity contribution is -0.125. The van der Waals surface area contributed by atoms with Gasteiger partial charge in [-0.2, -0.15) is 5.10 Å². The quantitative estimate of drug-likeness (QED) is 0.906. The average Bonchev–Trinajstić information content (AvgIpc) is 3.02. The lowest BCUT2D eigenvalue weighted by Gasteiger charge is -2.15. The molecule has 6 heteroatoms. The topological polar surface area (TPSA) is 56.2 Å². The van der Waals surface area contributed by atoms with Gasteiger partial charge in [0.2, 0.25) is 5.91 Å². The molecule has 0 bridgehead atoms. The first-order chi connectivity index (χ1) is 9.49. The molecular formula is C14H22ClN3O2. The molecule has 5 nitrogen and oxygen atoms in total. The lowest BCUT2D eigenvalue weighted by Crippen LogP contribution is -2.36. The molecule has 1 aromatic heterocycles. The minimum absolute atomic E-state index is 0.0316. The maximum Gasteiger partial charge on any atom is 0.224 e. The van der Waals surface area contributed by atoms with Gasteiger partial charge in [0.05, 0.1) is 35.0 Å². The standard InChI is InChI=1S/C14H22ClN3O2/c1-9(8-18-11(3)13(15)10(2)17-18)14(19)16-7-12-5-4-6-20-12/h9,12H,4-8H2,1-3H3,(H,16,19). The summed E-state index contributed by atoms with van der Waals surface area (Å²) in [6.45, 7) is 7.63. The number of amides is 1. The second-order valence-corrected chi connectivity index (χ2v) is 5.83. The van der Waals surface area contributed by atoms with Gasteiger partial charge < -0.3 is 10.1 Å². The van der Waals surface area contributed by atoms with Crippen LogP contribution in [0.4, 0.5) is 0 Å². The molecule has 0 saturated carbocycles. The third-order valence-electron chi connectivity index (χ3n) is 3.72. The van der Waals surface area contributed by atoms with Gasteiger partial charge in [0, 0.05) is 13.2 Å². The number of hydrogen-bond acceptors (Lipinski definition) is 3. The van der Waals surface area contributed by atoms with Gasteiger partial charge in [-0.25, -0.2) is 0 Å². The van der Waals surface area contributed by atoms with Gasteiger partial charge in [-0.1, -0.05) is 18.5 Å². The van der Waals surface area contributed by atoms with E-state index in [0.29, 0.717) is 18.1 Å². The molecule has 0 spiro atoms. The number of rotatable bonds is 5. The number of aryl methyl sites for hydroxylation is 1. The first-order valence-corrected chi connectivity index (χ1v) is 7.45. The van der Waals surface area contributed by atoms with Crippen molar-refractivity contribution in [3.05, 3.63) is 16.4 Å². The number of ether oxygens (including phenoxy) is 1. The molecule has 1 fully saturated rings. The summed E-state index contributed by atoms with van der Waals surface area (Å²) in [5.41, 5.74) is 1.71. The molecule has 2 atom stereocenters. The Labute approximate surface area is 124 Å². The second-order valence-electron chi connectivity index (χ2n) is 5.45. The Kier molecular flexibility index (Phi) is 5.05. The van der Waals surface area contributed by atoms with Gasteiger partial charge >= 0.3 is 0 Å². The Morgan fingerprint density at radius 2 is 2.35 bits per heavy atom. The Bertz CT molecular complexity index is 481. The summed E-state index contributed by atoms with van der Waals surface area (Å²) in [5, 5.41) is 7.97. The van der Waals surface area contributed by atoms with Gasteiger partial charge in [-0.15, -0.1) is 0 Å². The fourth-order valence-electron chi connectivity index (χ4n) is 2.39. The van der Waals surface area contributed by atoms with Gasteiger partial charge in [0.1, 0.15) is 0 Å². The Morgan fingerprint density at radius 3 is 2.90 bits per heavy atom. The summed E-state index contributed by atoms with van der Waals surface area (Å²) in [6, 6.07) is 0. The molecule has 2 unspecified atom stereocenters. The number of aromatic nitrogens is 2. The summed E-state index contributed by atoms with van der Waals surface area (Å²) >= 11 is 6.11. The highest BCUT2D eigenvalue weighted by Crippen LogP contribution is 2.19. The zero-order chi connectivity index (χ0) is 14.7. The van der Waals surface area contributed by atoms with Gasteiger partial charge in [0.15, 0.2) is 0 Å². The third-order valence-corrected chi connectivity index (χ3v) is 4.26. The molecular weight excluding hydrogens is 278 g/mol. The van der Waals surface area contributed by atoms with Crippen LogP contribution in [0.25, 0.3) is 0 Å². The van der Waals surface area contributed by atoms with E-state index in [1.54, 1.807) is 4.68 Å². The number of halogens is 1. The molecule has 112 valence electrons. The molecule has 0 aromatic carbocycles. The normalized spacial score (nSPS) is 20.1. The monoisotopic (exact) mass is 299 g/mol. The predicted molar refractivity (Wildman–Crippen MR) is 77.9 cm³/mol. The van der Waals surface area contributed by atoms with Crippen LogP contribution in [0.3, 0.4) is 0 Å². The minimum Gasteiger partial charge on any atom is -0.376 e. The first kappa shape index (κ1) is 15.3. The van der Waals surface area contributed by atoms with Crippen molar-refractivity contribution in [2.24, 2.45) is 5.92 Å². The van der Waals surface area contributed by atoms with Crippen LogP contribution in [0, 0.1) is 19.8 Å². The van der Waals surface area contributed by atoms with Crippen molar-refractivity contribution in [1.29, 1.82) is 0 Å². The van der Waals surface area contributed by atoms with E-state index in [2.05, 4.69) is 10.4 Å². The highest BCUT2D eigenvalue weighted by Gasteiger charge is 2.20. The van der Waals surface area contributed by atoms with Gasteiger partial charge in [0.25, 0.3) is 0 Å². The van der Waals surface area contributed by atoms with E-state index in [4.69, 9.17) is 16.3 Å². The molecule has 1 N–H and O–H groups in total. The van der Waals surface area contributed by atoms with Crippen LogP contribution in [0.5, 0.6) is 0 Å². The van der Waals surface area contributed by atoms with Crippen LogP contribution in [0.2, 0.25) is 5.02 Å². The molecule has 1 amide bonds. The summed E-state index contributed by atoms with van der Waals surface area (Å²) in [5.74, 6) is -0.116. The van der Waals surface area contributed by atoms with Gasteiger partial charge in [-0.3, -0.25) is 9.48 Å². The number of hydrogen-bond donors (Lipinski definition) is 1. The summed E-state index contributed by atoms with van der Waals surface area (Å²) in [4.78, 5) is 12.1. The smallest absolute Gasteiger partial charge is 0.224 e. The molecule has 1 aliphatic heterocycles. The fourth-order valence-corrected chi connectivity index (χ4v) is 2.52. The zero-order valence-electron chi connectivity index (χ0n) is 12.3. The van der Waals surface area contributed by atoms with Crippen molar-refractivity contribution >= 4 is 17.5 Å². The molecule has 1 saturated heterocycles. The molecule has 0 aliphatic carbocycles. The molecule has 0 radical (unpaired) electrons. The Morgan fingerprint density at radius 1 is 1.60 bits per heavy atom. The Hall–Kier alpha value is -1.07. The van der Waals surface area contributed by atoms with E-state index in [0.717, 1.165) is 30.8 Å². The van der Waals surface area contributed by atoms with E-state index >= 15 is 0 Å². The summed E-state index contributed by atoms with van der Waals surface area (Å²) in [6.07, 6.45) is 2.29. The van der Waals surface area contributed by atoms with Crippen molar-refractivity contribution < 1.29 is 9.53 Å². The SMILES string of the molecule is Cc1nn(CC(C)C(=O)NCC2CCCO2)c(C)c1Cl. The zero-order valence-corrected chi connectivity index (χ0v) is 13.0. The summed E-state index contributed by atoms with van der Waals surface area (Å²) < 4.78 is 7.29. The molecule has 20 heavy (non-hydrogen) atoms.